The van der Waals surface area contributed by atoms with Gasteiger partial charge in [-0.15, -0.1) is 0 Å². The Morgan fingerprint density at radius 3 is 2.37 bits per heavy atom. The molecule has 0 atom stereocenters. The van der Waals surface area contributed by atoms with E-state index < -0.39 is 5.97 Å². The van der Waals surface area contributed by atoms with Crippen molar-refractivity contribution in [1.82, 2.24) is 0 Å². The maximum Gasteiger partial charge on any atom is 0.338 e. The van der Waals surface area contributed by atoms with E-state index in [1.165, 1.54) is 0 Å². The maximum absolute atomic E-state index is 12.6. The van der Waals surface area contributed by atoms with Gasteiger partial charge in [-0.25, -0.2) is 4.79 Å². The Morgan fingerprint density at radius 2 is 1.67 bits per heavy atom. The van der Waals surface area contributed by atoms with Gasteiger partial charge in [0.1, 0.15) is 12.4 Å². The number of carbonyl (C=O) groups excluding carboxylic acids is 2. The van der Waals surface area contributed by atoms with Crippen molar-refractivity contribution >= 4 is 29.2 Å². The number of hydrogen-bond acceptors (Lipinski definition) is 4. The van der Waals surface area contributed by atoms with Crippen molar-refractivity contribution in [1.29, 1.82) is 0 Å². The second kappa shape index (κ2) is 9.94. The van der Waals surface area contributed by atoms with Crippen LogP contribution < -0.4 is 10.1 Å². The average molecular weight is 424 g/mol. The number of hydrogen-bond donors (Lipinski definition) is 1. The Labute approximate surface area is 180 Å². The number of carbonyl (C=O) groups is 2. The molecule has 5 nitrogen and oxygen atoms in total. The first-order valence-electron chi connectivity index (χ1n) is 9.53. The molecule has 0 saturated carbocycles. The topological polar surface area (TPSA) is 64.6 Å². The fourth-order valence-corrected chi connectivity index (χ4v) is 2.96. The second-order valence-corrected chi connectivity index (χ2v) is 7.02. The molecule has 0 aliphatic heterocycles. The zero-order chi connectivity index (χ0) is 21.5. The first-order chi connectivity index (χ1) is 14.5. The van der Waals surface area contributed by atoms with Crippen LogP contribution in [0.1, 0.15) is 38.8 Å². The van der Waals surface area contributed by atoms with Crippen molar-refractivity contribution < 1.29 is 19.1 Å². The van der Waals surface area contributed by atoms with Crippen molar-refractivity contribution in [3.63, 3.8) is 0 Å². The van der Waals surface area contributed by atoms with E-state index in [0.29, 0.717) is 40.8 Å². The fourth-order valence-electron chi connectivity index (χ4n) is 2.77. The quantitative estimate of drug-likeness (QED) is 0.498. The van der Waals surface area contributed by atoms with Crippen molar-refractivity contribution in [2.24, 2.45) is 0 Å². The molecule has 0 fully saturated rings. The third kappa shape index (κ3) is 5.39. The molecule has 0 unspecified atom stereocenters. The lowest BCUT2D eigenvalue weighted by molar-refractivity contribution is 0.0526. The van der Waals surface area contributed by atoms with Crippen LogP contribution in [-0.4, -0.2) is 18.5 Å². The lowest BCUT2D eigenvalue weighted by Crippen LogP contribution is -2.14. The predicted molar refractivity (Wildman–Crippen MR) is 117 cm³/mol. The van der Waals surface area contributed by atoms with E-state index in [-0.39, 0.29) is 5.91 Å². The monoisotopic (exact) mass is 423 g/mol. The summed E-state index contributed by atoms with van der Waals surface area (Å²) in [5.74, 6) is -0.0725. The van der Waals surface area contributed by atoms with Gasteiger partial charge < -0.3 is 14.8 Å². The summed E-state index contributed by atoms with van der Waals surface area (Å²) in [6.07, 6.45) is 0. The van der Waals surface area contributed by atoms with E-state index in [9.17, 15) is 9.59 Å². The molecule has 3 aromatic carbocycles. The third-order valence-electron chi connectivity index (χ3n) is 4.47. The van der Waals surface area contributed by atoms with E-state index in [2.05, 4.69) is 5.32 Å². The van der Waals surface area contributed by atoms with Gasteiger partial charge >= 0.3 is 5.97 Å². The van der Waals surface area contributed by atoms with Crippen LogP contribution in [0, 0.1) is 6.92 Å². The van der Waals surface area contributed by atoms with Crippen LogP contribution in [0.2, 0.25) is 5.02 Å². The van der Waals surface area contributed by atoms with Gasteiger partial charge in [0.2, 0.25) is 0 Å². The number of ether oxygens (including phenoxy) is 2. The van der Waals surface area contributed by atoms with Gasteiger partial charge in [-0.3, -0.25) is 4.79 Å². The summed E-state index contributed by atoms with van der Waals surface area (Å²) in [5.41, 5.74) is 3.15. The molecule has 1 N–H and O–H groups in total. The number of anilines is 1. The van der Waals surface area contributed by atoms with E-state index in [0.717, 1.165) is 11.1 Å². The summed E-state index contributed by atoms with van der Waals surface area (Å²) < 4.78 is 10.8. The van der Waals surface area contributed by atoms with Crippen molar-refractivity contribution in [2.75, 3.05) is 11.9 Å². The molecule has 0 aliphatic carbocycles. The van der Waals surface area contributed by atoms with Crippen LogP contribution >= 0.6 is 11.6 Å². The van der Waals surface area contributed by atoms with Crippen LogP contribution in [0.3, 0.4) is 0 Å². The van der Waals surface area contributed by atoms with E-state index >= 15 is 0 Å². The Bertz CT molecular complexity index is 1050. The molecule has 0 heterocycles. The van der Waals surface area contributed by atoms with Crippen LogP contribution in [0.5, 0.6) is 5.75 Å². The highest BCUT2D eigenvalue weighted by atomic mass is 35.5. The number of rotatable bonds is 7. The minimum Gasteiger partial charge on any atom is -0.489 e. The molecule has 0 bridgehead atoms. The van der Waals surface area contributed by atoms with Crippen LogP contribution in [-0.2, 0) is 11.3 Å². The molecule has 0 saturated heterocycles. The molecule has 3 aromatic rings. The second-order valence-electron chi connectivity index (χ2n) is 6.61. The molecular formula is C24H22ClNO4. The SMILES string of the molecule is CCOC(=O)c1ccc(C)c(NC(=O)c2ccc(OCc3ccccc3Cl)cc2)c1. The number of benzene rings is 3. The molecule has 154 valence electrons. The molecule has 30 heavy (non-hydrogen) atoms. The number of nitrogens with one attached hydrogen (secondary N) is 1. The van der Waals surface area contributed by atoms with Crippen molar-refractivity contribution in [3.05, 3.63) is 94.0 Å². The van der Waals surface area contributed by atoms with Gasteiger partial charge in [-0.1, -0.05) is 35.9 Å². The standard InChI is InChI=1S/C24H22ClNO4/c1-3-29-24(28)18-9-8-16(2)22(14-18)26-23(27)17-10-12-20(13-11-17)30-15-19-6-4-5-7-21(19)25/h4-14H,3,15H2,1-2H3,(H,26,27). The summed E-state index contributed by atoms with van der Waals surface area (Å²) in [5, 5.41) is 3.49. The smallest absolute Gasteiger partial charge is 0.338 e. The van der Waals surface area contributed by atoms with E-state index in [1.807, 2.05) is 31.2 Å². The molecule has 6 heteroatoms. The summed E-state index contributed by atoms with van der Waals surface area (Å²) >= 11 is 6.13. The number of esters is 1. The minimum absolute atomic E-state index is 0.281. The van der Waals surface area contributed by atoms with Gasteiger partial charge in [0.15, 0.2) is 0 Å². The summed E-state index contributed by atoms with van der Waals surface area (Å²) in [7, 11) is 0. The van der Waals surface area contributed by atoms with Crippen LogP contribution in [0.15, 0.2) is 66.7 Å². The van der Waals surface area contributed by atoms with Gasteiger partial charge in [0.25, 0.3) is 5.91 Å². The molecule has 0 radical (unpaired) electrons. The van der Waals surface area contributed by atoms with Gasteiger partial charge in [0, 0.05) is 21.8 Å². The van der Waals surface area contributed by atoms with Crippen LogP contribution in [0.25, 0.3) is 0 Å². The highest BCUT2D eigenvalue weighted by molar-refractivity contribution is 6.31. The Hall–Kier alpha value is -3.31. The lowest BCUT2D eigenvalue weighted by Gasteiger charge is -2.11. The normalized spacial score (nSPS) is 10.4. The fraction of sp³-hybridized carbons (Fsp3) is 0.167. The summed E-state index contributed by atoms with van der Waals surface area (Å²) in [6.45, 7) is 4.23. The zero-order valence-electron chi connectivity index (χ0n) is 16.8. The molecule has 0 spiro atoms. The van der Waals surface area contributed by atoms with Gasteiger partial charge in [-0.2, -0.15) is 0 Å². The average Bonchev–Trinajstić information content (AvgIpc) is 2.75. The first kappa shape index (κ1) is 21.4. The predicted octanol–water partition coefficient (Wildman–Crippen LogP) is 5.66. The summed E-state index contributed by atoms with van der Waals surface area (Å²) in [6, 6.07) is 19.4. The van der Waals surface area contributed by atoms with Crippen LogP contribution in [0.4, 0.5) is 5.69 Å². The zero-order valence-corrected chi connectivity index (χ0v) is 17.5. The van der Waals surface area contributed by atoms with Crippen molar-refractivity contribution in [2.45, 2.75) is 20.5 Å². The molecule has 0 aliphatic rings. The first-order valence-corrected chi connectivity index (χ1v) is 9.91. The Morgan fingerprint density at radius 1 is 0.967 bits per heavy atom. The third-order valence-corrected chi connectivity index (χ3v) is 4.83. The molecule has 0 aromatic heterocycles. The van der Waals surface area contributed by atoms with E-state index in [4.69, 9.17) is 21.1 Å². The molecular weight excluding hydrogens is 402 g/mol. The highest BCUT2D eigenvalue weighted by Gasteiger charge is 2.12. The largest absolute Gasteiger partial charge is 0.489 e. The molecule has 1 amide bonds. The minimum atomic E-state index is -0.423. The van der Waals surface area contributed by atoms with Gasteiger partial charge in [-0.05, 0) is 61.9 Å². The number of halogens is 1. The van der Waals surface area contributed by atoms with Crippen molar-refractivity contribution in [3.8, 4) is 5.75 Å². The molecule has 3 rings (SSSR count). The highest BCUT2D eigenvalue weighted by Crippen LogP contribution is 2.21. The van der Waals surface area contributed by atoms with Gasteiger partial charge in [0.05, 0.1) is 12.2 Å². The Balaban J connectivity index is 1.65. The number of aryl methyl sites for hydroxylation is 1. The number of amides is 1. The lowest BCUT2D eigenvalue weighted by atomic mass is 10.1. The summed E-state index contributed by atoms with van der Waals surface area (Å²) in [4.78, 5) is 24.6. The maximum atomic E-state index is 12.6. The Kier molecular flexibility index (Phi) is 7.09. The van der Waals surface area contributed by atoms with E-state index in [1.54, 1.807) is 49.4 Å².